The first-order valence-electron chi connectivity index (χ1n) is 7.01. The van der Waals surface area contributed by atoms with E-state index >= 15 is 0 Å². The first-order chi connectivity index (χ1) is 10.7. The average Bonchev–Trinajstić information content (AvgIpc) is 2.53. The van der Waals surface area contributed by atoms with E-state index in [2.05, 4.69) is 0 Å². The van der Waals surface area contributed by atoms with Crippen molar-refractivity contribution in [3.05, 3.63) is 54.1 Å². The summed E-state index contributed by atoms with van der Waals surface area (Å²) < 4.78 is 11.0. The van der Waals surface area contributed by atoms with Crippen LogP contribution in [0.25, 0.3) is 0 Å². The van der Waals surface area contributed by atoms with Crippen LogP contribution in [0.15, 0.2) is 53.4 Å². The molecule has 0 bridgehead atoms. The fraction of sp³-hybridized carbons (Fsp3) is 0.235. The lowest BCUT2D eigenvalue weighted by atomic mass is 10.2. The van der Waals surface area contributed by atoms with E-state index in [1.165, 1.54) is 6.07 Å². The van der Waals surface area contributed by atoms with Gasteiger partial charge in [-0.15, -0.1) is 11.8 Å². The molecule has 0 aromatic heterocycles. The van der Waals surface area contributed by atoms with E-state index in [1.807, 2.05) is 31.2 Å². The van der Waals surface area contributed by atoms with Crippen molar-refractivity contribution in [2.45, 2.75) is 11.8 Å². The van der Waals surface area contributed by atoms with E-state index in [1.54, 1.807) is 30.0 Å². The van der Waals surface area contributed by atoms with Gasteiger partial charge in [-0.1, -0.05) is 12.1 Å². The second kappa shape index (κ2) is 8.34. The molecule has 0 aliphatic rings. The van der Waals surface area contributed by atoms with Crippen LogP contribution in [0.3, 0.4) is 0 Å². The van der Waals surface area contributed by atoms with Gasteiger partial charge in [0.05, 0.1) is 18.8 Å². The first-order valence-corrected chi connectivity index (χ1v) is 7.99. The monoisotopic (exact) mass is 318 g/mol. The minimum absolute atomic E-state index is 0.231. The summed E-state index contributed by atoms with van der Waals surface area (Å²) >= 11 is 1.67. The predicted octanol–water partition coefficient (Wildman–Crippen LogP) is 3.95. The van der Waals surface area contributed by atoms with E-state index in [9.17, 15) is 4.79 Å². The standard InChI is InChI=1S/C17H18O4S/c1-2-20-15-7-4-8-16(12-15)22-10-9-21-14-6-3-5-13(11-14)17(18)19/h3-8,11-12H,2,9-10H2,1H3,(H,18,19). The molecule has 0 aliphatic heterocycles. The summed E-state index contributed by atoms with van der Waals surface area (Å²) in [4.78, 5) is 12.0. The van der Waals surface area contributed by atoms with Gasteiger partial charge in [-0.3, -0.25) is 0 Å². The zero-order valence-electron chi connectivity index (χ0n) is 12.3. The molecule has 2 aromatic carbocycles. The molecule has 0 saturated heterocycles. The molecule has 2 aromatic rings. The van der Waals surface area contributed by atoms with Crippen molar-refractivity contribution < 1.29 is 19.4 Å². The van der Waals surface area contributed by atoms with Crippen LogP contribution >= 0.6 is 11.8 Å². The fourth-order valence-corrected chi connectivity index (χ4v) is 2.64. The second-order valence-electron chi connectivity index (χ2n) is 4.44. The van der Waals surface area contributed by atoms with Gasteiger partial charge in [-0.05, 0) is 43.3 Å². The summed E-state index contributed by atoms with van der Waals surface area (Å²) in [7, 11) is 0. The van der Waals surface area contributed by atoms with Gasteiger partial charge in [0.1, 0.15) is 11.5 Å². The van der Waals surface area contributed by atoms with Crippen molar-refractivity contribution >= 4 is 17.7 Å². The Morgan fingerprint density at radius 2 is 1.82 bits per heavy atom. The molecule has 22 heavy (non-hydrogen) atoms. The number of rotatable bonds is 8. The van der Waals surface area contributed by atoms with Crippen LogP contribution in [-0.4, -0.2) is 30.0 Å². The van der Waals surface area contributed by atoms with Crippen molar-refractivity contribution in [3.8, 4) is 11.5 Å². The van der Waals surface area contributed by atoms with Crippen LogP contribution in [0.2, 0.25) is 0 Å². The van der Waals surface area contributed by atoms with E-state index < -0.39 is 5.97 Å². The molecule has 0 atom stereocenters. The lowest BCUT2D eigenvalue weighted by molar-refractivity contribution is 0.0696. The third-order valence-corrected chi connectivity index (χ3v) is 3.78. The Kier molecular flexibility index (Phi) is 6.15. The summed E-state index contributed by atoms with van der Waals surface area (Å²) in [6, 6.07) is 14.4. The predicted molar refractivity (Wildman–Crippen MR) is 87.2 cm³/mol. The maximum Gasteiger partial charge on any atom is 0.335 e. The minimum Gasteiger partial charge on any atom is -0.494 e. The van der Waals surface area contributed by atoms with Gasteiger partial charge in [-0.2, -0.15) is 0 Å². The Morgan fingerprint density at radius 1 is 1.09 bits per heavy atom. The summed E-state index contributed by atoms with van der Waals surface area (Å²) in [5.74, 6) is 1.26. The zero-order valence-corrected chi connectivity index (χ0v) is 13.1. The van der Waals surface area contributed by atoms with Gasteiger partial charge in [0.15, 0.2) is 0 Å². The molecule has 4 nitrogen and oxygen atoms in total. The molecule has 0 heterocycles. The number of hydrogen-bond acceptors (Lipinski definition) is 4. The van der Waals surface area contributed by atoms with E-state index in [0.717, 1.165) is 16.4 Å². The topological polar surface area (TPSA) is 55.8 Å². The molecule has 0 saturated carbocycles. The number of benzene rings is 2. The van der Waals surface area contributed by atoms with Crippen molar-refractivity contribution in [1.29, 1.82) is 0 Å². The van der Waals surface area contributed by atoms with E-state index in [4.69, 9.17) is 14.6 Å². The molecule has 0 amide bonds. The molecular weight excluding hydrogens is 300 g/mol. The Labute approximate surface area is 134 Å². The van der Waals surface area contributed by atoms with Gasteiger partial charge >= 0.3 is 5.97 Å². The van der Waals surface area contributed by atoms with Gasteiger partial charge in [0.2, 0.25) is 0 Å². The Balaban J connectivity index is 1.80. The Bertz CT molecular complexity index is 628. The lowest BCUT2D eigenvalue weighted by Gasteiger charge is -2.08. The molecule has 5 heteroatoms. The van der Waals surface area contributed by atoms with Crippen molar-refractivity contribution in [2.75, 3.05) is 19.0 Å². The highest BCUT2D eigenvalue weighted by molar-refractivity contribution is 7.99. The van der Waals surface area contributed by atoms with Crippen molar-refractivity contribution in [2.24, 2.45) is 0 Å². The molecular formula is C17H18O4S. The highest BCUT2D eigenvalue weighted by Gasteiger charge is 2.04. The quantitative estimate of drug-likeness (QED) is 0.590. The largest absolute Gasteiger partial charge is 0.494 e. The van der Waals surface area contributed by atoms with Crippen LogP contribution in [0.1, 0.15) is 17.3 Å². The number of ether oxygens (including phenoxy) is 2. The second-order valence-corrected chi connectivity index (χ2v) is 5.61. The Hall–Kier alpha value is -2.14. The summed E-state index contributed by atoms with van der Waals surface area (Å²) in [6.07, 6.45) is 0. The summed E-state index contributed by atoms with van der Waals surface area (Å²) in [5.41, 5.74) is 0.231. The molecule has 1 N–H and O–H groups in total. The maximum absolute atomic E-state index is 10.9. The van der Waals surface area contributed by atoms with Crippen LogP contribution in [-0.2, 0) is 0 Å². The van der Waals surface area contributed by atoms with Crippen LogP contribution < -0.4 is 9.47 Å². The van der Waals surface area contributed by atoms with Gasteiger partial charge in [0, 0.05) is 10.6 Å². The third kappa shape index (κ3) is 5.00. The Morgan fingerprint density at radius 3 is 2.55 bits per heavy atom. The number of aromatic carboxylic acids is 1. The van der Waals surface area contributed by atoms with Crippen molar-refractivity contribution in [3.63, 3.8) is 0 Å². The highest BCUT2D eigenvalue weighted by Crippen LogP contribution is 2.23. The smallest absolute Gasteiger partial charge is 0.335 e. The summed E-state index contributed by atoms with van der Waals surface area (Å²) in [6.45, 7) is 3.11. The number of carboxylic acid groups (broad SMARTS) is 1. The normalized spacial score (nSPS) is 10.2. The number of hydrogen-bond donors (Lipinski definition) is 1. The molecule has 2 rings (SSSR count). The van der Waals surface area contributed by atoms with Gasteiger partial charge < -0.3 is 14.6 Å². The zero-order chi connectivity index (χ0) is 15.8. The minimum atomic E-state index is -0.951. The van der Waals surface area contributed by atoms with Crippen LogP contribution in [0.4, 0.5) is 0 Å². The number of thioether (sulfide) groups is 1. The summed E-state index contributed by atoms with van der Waals surface area (Å²) in [5, 5.41) is 8.93. The van der Waals surface area contributed by atoms with Crippen molar-refractivity contribution in [1.82, 2.24) is 0 Å². The van der Waals surface area contributed by atoms with E-state index in [0.29, 0.717) is 19.0 Å². The number of carbonyl (C=O) groups is 1. The molecule has 0 aliphatic carbocycles. The molecule has 0 spiro atoms. The van der Waals surface area contributed by atoms with Gasteiger partial charge in [-0.25, -0.2) is 4.79 Å². The molecule has 116 valence electrons. The first kappa shape index (κ1) is 16.2. The van der Waals surface area contributed by atoms with E-state index in [-0.39, 0.29) is 5.56 Å². The maximum atomic E-state index is 10.9. The van der Waals surface area contributed by atoms with Crippen LogP contribution in [0, 0.1) is 0 Å². The highest BCUT2D eigenvalue weighted by atomic mass is 32.2. The number of carboxylic acids is 1. The fourth-order valence-electron chi connectivity index (χ4n) is 1.86. The SMILES string of the molecule is CCOc1cccc(SCCOc2cccc(C(=O)O)c2)c1. The lowest BCUT2D eigenvalue weighted by Crippen LogP contribution is -2.02. The van der Waals surface area contributed by atoms with Gasteiger partial charge in [0.25, 0.3) is 0 Å². The third-order valence-electron chi connectivity index (χ3n) is 2.82. The molecule has 0 unspecified atom stereocenters. The van der Waals surface area contributed by atoms with Crippen LogP contribution in [0.5, 0.6) is 11.5 Å². The molecule has 0 fully saturated rings. The average molecular weight is 318 g/mol. The molecule has 0 radical (unpaired) electrons.